The van der Waals surface area contributed by atoms with Crippen LogP contribution in [-0.2, 0) is 22.1 Å². The van der Waals surface area contributed by atoms with Crippen molar-refractivity contribution < 1.29 is 27.9 Å². The lowest BCUT2D eigenvalue weighted by Crippen LogP contribution is -2.21. The molecule has 0 spiro atoms. The number of benzene rings is 1. The van der Waals surface area contributed by atoms with Crippen molar-refractivity contribution in [2.24, 2.45) is 5.16 Å². The molecule has 0 aliphatic rings. The minimum absolute atomic E-state index is 0.0106. The van der Waals surface area contributed by atoms with Gasteiger partial charge in [-0.2, -0.15) is 13.2 Å². The predicted octanol–water partition coefficient (Wildman–Crippen LogP) is 3.42. The van der Waals surface area contributed by atoms with Crippen molar-refractivity contribution in [3.05, 3.63) is 35.4 Å². The summed E-state index contributed by atoms with van der Waals surface area (Å²) in [6.07, 6.45) is -4.66. The number of hydrogen-bond acceptors (Lipinski definition) is 4. The van der Waals surface area contributed by atoms with Crippen molar-refractivity contribution in [3.8, 4) is 0 Å². The standard InChI is InChI=1S/C14H16F3NO3/c1-9(2)21-13(19)12(18-20)7-6-10-4-3-5-11(8-10)14(15,16)17/h3-5,8-9,20H,6-7H2,1-2H3. The molecular weight excluding hydrogens is 287 g/mol. The highest BCUT2D eigenvalue weighted by molar-refractivity contribution is 6.36. The molecule has 0 fully saturated rings. The summed E-state index contributed by atoms with van der Waals surface area (Å²) >= 11 is 0. The van der Waals surface area contributed by atoms with E-state index in [0.29, 0.717) is 5.56 Å². The Morgan fingerprint density at radius 1 is 1.38 bits per heavy atom. The van der Waals surface area contributed by atoms with Crippen LogP contribution in [0.5, 0.6) is 0 Å². The van der Waals surface area contributed by atoms with Crippen molar-refractivity contribution in [1.29, 1.82) is 0 Å². The Labute approximate surface area is 120 Å². The molecule has 116 valence electrons. The first-order valence-electron chi connectivity index (χ1n) is 6.32. The fourth-order valence-corrected chi connectivity index (χ4v) is 1.64. The molecule has 1 rings (SSSR count). The molecule has 7 heteroatoms. The zero-order valence-corrected chi connectivity index (χ0v) is 11.6. The van der Waals surface area contributed by atoms with Crippen LogP contribution in [0.15, 0.2) is 29.4 Å². The van der Waals surface area contributed by atoms with Gasteiger partial charge in [0.25, 0.3) is 0 Å². The fraction of sp³-hybridized carbons (Fsp3) is 0.429. The Kier molecular flexibility index (Phi) is 5.75. The van der Waals surface area contributed by atoms with Gasteiger partial charge in [-0.1, -0.05) is 23.4 Å². The van der Waals surface area contributed by atoms with Gasteiger partial charge in [0, 0.05) is 6.42 Å². The average Bonchev–Trinajstić information content (AvgIpc) is 2.38. The maximum absolute atomic E-state index is 12.6. The molecule has 0 bridgehead atoms. The summed E-state index contributed by atoms with van der Waals surface area (Å²) in [6, 6.07) is 4.78. The monoisotopic (exact) mass is 303 g/mol. The first-order chi connectivity index (χ1) is 9.74. The van der Waals surface area contributed by atoms with Gasteiger partial charge in [-0.05, 0) is 31.9 Å². The topological polar surface area (TPSA) is 58.9 Å². The van der Waals surface area contributed by atoms with Gasteiger partial charge in [-0.25, -0.2) is 4.79 Å². The zero-order valence-electron chi connectivity index (χ0n) is 11.6. The second kappa shape index (κ2) is 7.10. The number of esters is 1. The second-order valence-corrected chi connectivity index (χ2v) is 4.70. The van der Waals surface area contributed by atoms with Gasteiger partial charge in [0.1, 0.15) is 0 Å². The van der Waals surface area contributed by atoms with Crippen LogP contribution in [0.2, 0.25) is 0 Å². The Hall–Kier alpha value is -2.05. The Morgan fingerprint density at radius 2 is 2.05 bits per heavy atom. The molecule has 21 heavy (non-hydrogen) atoms. The lowest BCUT2D eigenvalue weighted by Gasteiger charge is -2.10. The highest BCUT2D eigenvalue weighted by Crippen LogP contribution is 2.29. The minimum atomic E-state index is -4.42. The molecule has 0 radical (unpaired) electrons. The summed E-state index contributed by atoms with van der Waals surface area (Å²) in [6.45, 7) is 3.28. The number of aryl methyl sites for hydroxylation is 1. The van der Waals surface area contributed by atoms with Crippen LogP contribution in [0.25, 0.3) is 0 Å². The van der Waals surface area contributed by atoms with Crippen molar-refractivity contribution in [2.45, 2.75) is 39.0 Å². The third-order valence-corrected chi connectivity index (χ3v) is 2.60. The van der Waals surface area contributed by atoms with E-state index in [1.165, 1.54) is 12.1 Å². The zero-order chi connectivity index (χ0) is 16.0. The third kappa shape index (κ3) is 5.45. The smallest absolute Gasteiger partial charge is 0.416 e. The Balaban J connectivity index is 2.72. The summed E-state index contributed by atoms with van der Waals surface area (Å²) in [7, 11) is 0. The van der Waals surface area contributed by atoms with Crippen molar-refractivity contribution in [3.63, 3.8) is 0 Å². The molecule has 1 aromatic rings. The molecule has 4 nitrogen and oxygen atoms in total. The van der Waals surface area contributed by atoms with E-state index in [1.807, 2.05) is 0 Å². The minimum Gasteiger partial charge on any atom is -0.458 e. The van der Waals surface area contributed by atoms with Gasteiger partial charge in [-0.3, -0.25) is 0 Å². The number of alkyl halides is 3. The number of carbonyl (C=O) groups excluding carboxylic acids is 1. The van der Waals surface area contributed by atoms with Gasteiger partial charge >= 0.3 is 12.1 Å². The van der Waals surface area contributed by atoms with Gasteiger partial charge in [0.05, 0.1) is 11.7 Å². The van der Waals surface area contributed by atoms with Crippen LogP contribution >= 0.6 is 0 Å². The van der Waals surface area contributed by atoms with Crippen LogP contribution < -0.4 is 0 Å². The van der Waals surface area contributed by atoms with E-state index in [2.05, 4.69) is 5.16 Å². The molecule has 0 saturated heterocycles. The summed E-state index contributed by atoms with van der Waals surface area (Å²) in [5, 5.41) is 11.6. The van der Waals surface area contributed by atoms with E-state index in [1.54, 1.807) is 13.8 Å². The fourth-order valence-electron chi connectivity index (χ4n) is 1.64. The molecule has 1 N–H and O–H groups in total. The quantitative estimate of drug-likeness (QED) is 0.392. The van der Waals surface area contributed by atoms with E-state index in [-0.39, 0.29) is 24.7 Å². The highest BCUT2D eigenvalue weighted by Gasteiger charge is 2.30. The van der Waals surface area contributed by atoms with Crippen molar-refractivity contribution >= 4 is 11.7 Å². The van der Waals surface area contributed by atoms with Crippen LogP contribution in [-0.4, -0.2) is 23.0 Å². The lowest BCUT2D eigenvalue weighted by atomic mass is 10.0. The number of rotatable bonds is 5. The number of ether oxygens (including phenoxy) is 1. The summed E-state index contributed by atoms with van der Waals surface area (Å²) < 4.78 is 42.6. The third-order valence-electron chi connectivity index (χ3n) is 2.60. The van der Waals surface area contributed by atoms with Gasteiger partial charge in [-0.15, -0.1) is 0 Å². The maximum Gasteiger partial charge on any atom is 0.416 e. The molecule has 0 aromatic heterocycles. The van der Waals surface area contributed by atoms with E-state index in [0.717, 1.165) is 12.1 Å². The Bertz CT molecular complexity index is 524. The summed E-state index contributed by atoms with van der Waals surface area (Å²) in [5.41, 5.74) is -0.586. The molecule has 0 amide bonds. The van der Waals surface area contributed by atoms with E-state index in [4.69, 9.17) is 9.94 Å². The Morgan fingerprint density at radius 3 is 2.57 bits per heavy atom. The molecule has 0 unspecified atom stereocenters. The molecule has 0 saturated carbocycles. The number of carbonyl (C=O) groups is 1. The second-order valence-electron chi connectivity index (χ2n) is 4.70. The molecule has 0 atom stereocenters. The normalized spacial score (nSPS) is 12.6. The number of halogens is 3. The van der Waals surface area contributed by atoms with Crippen LogP contribution in [0.1, 0.15) is 31.4 Å². The molecule has 0 aliphatic heterocycles. The van der Waals surface area contributed by atoms with E-state index < -0.39 is 17.7 Å². The van der Waals surface area contributed by atoms with Crippen LogP contribution in [0.3, 0.4) is 0 Å². The SMILES string of the molecule is CC(C)OC(=O)C(CCc1cccc(C(F)(F)F)c1)=NO. The van der Waals surface area contributed by atoms with Crippen molar-refractivity contribution in [1.82, 2.24) is 0 Å². The highest BCUT2D eigenvalue weighted by atomic mass is 19.4. The van der Waals surface area contributed by atoms with Crippen molar-refractivity contribution in [2.75, 3.05) is 0 Å². The van der Waals surface area contributed by atoms with Gasteiger partial charge < -0.3 is 9.94 Å². The molecular formula is C14H16F3NO3. The van der Waals surface area contributed by atoms with E-state index in [9.17, 15) is 18.0 Å². The van der Waals surface area contributed by atoms with Gasteiger partial charge in [0.15, 0.2) is 5.71 Å². The molecule has 1 aromatic carbocycles. The maximum atomic E-state index is 12.6. The predicted molar refractivity (Wildman–Crippen MR) is 70.2 cm³/mol. The summed E-state index contributed by atoms with van der Waals surface area (Å²) in [5.74, 6) is -0.778. The number of nitrogens with zero attached hydrogens (tertiary/aromatic N) is 1. The van der Waals surface area contributed by atoms with Crippen LogP contribution in [0.4, 0.5) is 13.2 Å². The molecule has 0 heterocycles. The first kappa shape index (κ1) is 17.0. The van der Waals surface area contributed by atoms with Crippen LogP contribution in [0, 0.1) is 0 Å². The number of hydrogen-bond donors (Lipinski definition) is 1. The summed E-state index contributed by atoms with van der Waals surface area (Å²) in [4.78, 5) is 11.5. The first-order valence-corrected chi connectivity index (χ1v) is 6.32. The largest absolute Gasteiger partial charge is 0.458 e. The van der Waals surface area contributed by atoms with Gasteiger partial charge in [0.2, 0.25) is 0 Å². The lowest BCUT2D eigenvalue weighted by molar-refractivity contribution is -0.139. The number of oxime groups is 1. The molecule has 0 aliphatic carbocycles. The van der Waals surface area contributed by atoms with E-state index >= 15 is 0 Å². The average molecular weight is 303 g/mol.